The first-order valence-corrected chi connectivity index (χ1v) is 8.25. The van der Waals surface area contributed by atoms with E-state index in [0.717, 1.165) is 10.6 Å². The number of amides is 1. The van der Waals surface area contributed by atoms with Crippen molar-refractivity contribution in [3.63, 3.8) is 0 Å². The summed E-state index contributed by atoms with van der Waals surface area (Å²) in [6, 6.07) is 9.62. The van der Waals surface area contributed by atoms with E-state index in [4.69, 9.17) is 5.11 Å². The first-order valence-electron chi connectivity index (χ1n) is 7.37. The molecule has 122 valence electrons. The van der Waals surface area contributed by atoms with Gasteiger partial charge in [0.25, 0.3) is 5.91 Å². The molecule has 0 bridgehead atoms. The van der Waals surface area contributed by atoms with Crippen molar-refractivity contribution < 1.29 is 14.7 Å². The Hall–Kier alpha value is -2.21. The molecule has 5 nitrogen and oxygen atoms in total. The molecule has 1 heterocycles. The third-order valence-electron chi connectivity index (χ3n) is 3.95. The van der Waals surface area contributed by atoms with E-state index in [2.05, 4.69) is 10.3 Å². The predicted molar refractivity (Wildman–Crippen MR) is 90.5 cm³/mol. The smallest absolute Gasteiger partial charge is 0.305 e. The second-order valence-corrected chi connectivity index (χ2v) is 6.86. The molecule has 1 atom stereocenters. The van der Waals surface area contributed by atoms with E-state index in [0.29, 0.717) is 5.69 Å². The van der Waals surface area contributed by atoms with Crippen LogP contribution in [-0.4, -0.2) is 27.5 Å². The number of benzene rings is 1. The number of carbonyl (C=O) groups excluding carboxylic acids is 1. The van der Waals surface area contributed by atoms with Crippen LogP contribution in [0.25, 0.3) is 10.6 Å². The monoisotopic (exact) mass is 332 g/mol. The van der Waals surface area contributed by atoms with Crippen LogP contribution >= 0.6 is 11.3 Å². The maximum Gasteiger partial charge on any atom is 0.305 e. The van der Waals surface area contributed by atoms with Crippen molar-refractivity contribution in [1.29, 1.82) is 0 Å². The highest BCUT2D eigenvalue weighted by Crippen LogP contribution is 2.25. The highest BCUT2D eigenvalue weighted by molar-refractivity contribution is 7.13. The van der Waals surface area contributed by atoms with Crippen molar-refractivity contribution in [3.8, 4) is 10.6 Å². The van der Waals surface area contributed by atoms with Crippen LogP contribution in [0.1, 0.15) is 37.7 Å². The standard InChI is InChI=1S/C17H20N2O3S/c1-11(2)17(3,9-14(20)21)19-15(22)13-10-23-16(18-13)12-7-5-4-6-8-12/h4-8,10-11H,9H2,1-3H3,(H,19,22)(H,20,21). The van der Waals surface area contributed by atoms with Crippen LogP contribution in [-0.2, 0) is 4.79 Å². The summed E-state index contributed by atoms with van der Waals surface area (Å²) in [4.78, 5) is 27.9. The fourth-order valence-electron chi connectivity index (χ4n) is 2.12. The molecule has 0 saturated heterocycles. The molecule has 1 unspecified atom stereocenters. The van der Waals surface area contributed by atoms with E-state index >= 15 is 0 Å². The molecule has 1 aromatic heterocycles. The van der Waals surface area contributed by atoms with Gasteiger partial charge in [0.2, 0.25) is 0 Å². The van der Waals surface area contributed by atoms with Gasteiger partial charge in [0.05, 0.1) is 12.0 Å². The van der Waals surface area contributed by atoms with Gasteiger partial charge in [-0.05, 0) is 12.8 Å². The van der Waals surface area contributed by atoms with Gasteiger partial charge in [-0.15, -0.1) is 11.3 Å². The van der Waals surface area contributed by atoms with E-state index < -0.39 is 11.5 Å². The molecule has 1 amide bonds. The SMILES string of the molecule is CC(C)C(C)(CC(=O)O)NC(=O)c1csc(-c2ccccc2)n1. The molecule has 0 fully saturated rings. The Bertz CT molecular complexity index is 697. The van der Waals surface area contributed by atoms with E-state index in [-0.39, 0.29) is 18.2 Å². The minimum Gasteiger partial charge on any atom is -0.481 e. The van der Waals surface area contributed by atoms with Gasteiger partial charge in [0, 0.05) is 10.9 Å². The molecule has 0 saturated carbocycles. The lowest BCUT2D eigenvalue weighted by molar-refractivity contribution is -0.138. The number of nitrogens with zero attached hydrogens (tertiary/aromatic N) is 1. The number of nitrogens with one attached hydrogen (secondary N) is 1. The van der Waals surface area contributed by atoms with Crippen molar-refractivity contribution in [2.75, 3.05) is 0 Å². The molecule has 23 heavy (non-hydrogen) atoms. The molecule has 2 rings (SSSR count). The van der Waals surface area contributed by atoms with Crippen LogP contribution < -0.4 is 5.32 Å². The number of thiazole rings is 1. The lowest BCUT2D eigenvalue weighted by atomic mass is 9.85. The predicted octanol–water partition coefficient (Wildman–Crippen LogP) is 3.43. The maximum absolute atomic E-state index is 12.4. The van der Waals surface area contributed by atoms with Gasteiger partial charge in [0.1, 0.15) is 10.7 Å². The quantitative estimate of drug-likeness (QED) is 0.849. The number of hydrogen-bond donors (Lipinski definition) is 2. The average molecular weight is 332 g/mol. The first-order chi connectivity index (χ1) is 10.8. The summed E-state index contributed by atoms with van der Waals surface area (Å²) in [5.74, 6) is -1.31. The van der Waals surface area contributed by atoms with Gasteiger partial charge in [-0.25, -0.2) is 4.98 Å². The Morgan fingerprint density at radius 1 is 1.30 bits per heavy atom. The number of rotatable bonds is 6. The summed E-state index contributed by atoms with van der Waals surface area (Å²) in [6.45, 7) is 5.52. The lowest BCUT2D eigenvalue weighted by Gasteiger charge is -2.33. The van der Waals surface area contributed by atoms with Crippen LogP contribution in [0, 0.1) is 5.92 Å². The van der Waals surface area contributed by atoms with Gasteiger partial charge in [-0.1, -0.05) is 44.2 Å². The summed E-state index contributed by atoms with van der Waals surface area (Å²) >= 11 is 1.39. The topological polar surface area (TPSA) is 79.3 Å². The fraction of sp³-hybridized carbons (Fsp3) is 0.353. The van der Waals surface area contributed by atoms with Crippen LogP contribution in [0.2, 0.25) is 0 Å². The Kier molecular flexibility index (Phi) is 5.15. The average Bonchev–Trinajstić information content (AvgIpc) is 2.97. The third kappa shape index (κ3) is 4.16. The van der Waals surface area contributed by atoms with E-state index in [1.54, 1.807) is 12.3 Å². The summed E-state index contributed by atoms with van der Waals surface area (Å²) in [7, 11) is 0. The zero-order valence-corrected chi connectivity index (χ0v) is 14.2. The van der Waals surface area contributed by atoms with Crippen molar-refractivity contribution in [2.45, 2.75) is 32.7 Å². The molecule has 2 N–H and O–H groups in total. The molecule has 0 spiro atoms. The number of aliphatic carboxylic acids is 1. The van der Waals surface area contributed by atoms with Gasteiger partial charge in [0.15, 0.2) is 0 Å². The first kappa shape index (κ1) is 17.1. The highest BCUT2D eigenvalue weighted by atomic mass is 32.1. The molecule has 0 aliphatic rings. The van der Waals surface area contributed by atoms with Gasteiger partial charge < -0.3 is 10.4 Å². The lowest BCUT2D eigenvalue weighted by Crippen LogP contribution is -2.51. The van der Waals surface area contributed by atoms with Crippen LogP contribution in [0.15, 0.2) is 35.7 Å². The van der Waals surface area contributed by atoms with Crippen LogP contribution in [0.4, 0.5) is 0 Å². The Morgan fingerprint density at radius 2 is 1.96 bits per heavy atom. The molecule has 1 aromatic carbocycles. The summed E-state index contributed by atoms with van der Waals surface area (Å²) < 4.78 is 0. The Morgan fingerprint density at radius 3 is 2.52 bits per heavy atom. The Labute approximate surface area is 139 Å². The summed E-state index contributed by atoms with van der Waals surface area (Å²) in [5, 5.41) is 14.4. The van der Waals surface area contributed by atoms with E-state index in [1.807, 2.05) is 44.2 Å². The zero-order valence-electron chi connectivity index (χ0n) is 13.4. The van der Waals surface area contributed by atoms with Gasteiger partial charge in [-0.2, -0.15) is 0 Å². The van der Waals surface area contributed by atoms with Crippen LogP contribution in [0.5, 0.6) is 0 Å². The third-order valence-corrected chi connectivity index (χ3v) is 4.84. The summed E-state index contributed by atoms with van der Waals surface area (Å²) in [6.07, 6.45) is -0.133. The number of carboxylic acids is 1. The molecule has 6 heteroatoms. The molecule has 2 aromatic rings. The minimum atomic E-state index is -0.940. The minimum absolute atomic E-state index is 0.0187. The highest BCUT2D eigenvalue weighted by Gasteiger charge is 2.33. The maximum atomic E-state index is 12.4. The van der Waals surface area contributed by atoms with Crippen molar-refractivity contribution in [2.24, 2.45) is 5.92 Å². The number of hydrogen-bond acceptors (Lipinski definition) is 4. The second kappa shape index (κ2) is 6.91. The van der Waals surface area contributed by atoms with Gasteiger partial charge >= 0.3 is 5.97 Å². The van der Waals surface area contributed by atoms with Crippen LogP contribution in [0.3, 0.4) is 0 Å². The largest absolute Gasteiger partial charge is 0.481 e. The number of carboxylic acid groups (broad SMARTS) is 1. The Balaban J connectivity index is 2.17. The molecular weight excluding hydrogens is 312 g/mol. The molecular formula is C17H20N2O3S. The second-order valence-electron chi connectivity index (χ2n) is 6.00. The molecule has 0 aliphatic carbocycles. The van der Waals surface area contributed by atoms with Crippen molar-refractivity contribution >= 4 is 23.2 Å². The van der Waals surface area contributed by atoms with Gasteiger partial charge in [-0.3, -0.25) is 9.59 Å². The fourth-order valence-corrected chi connectivity index (χ4v) is 2.93. The normalized spacial score (nSPS) is 13.6. The molecule has 0 radical (unpaired) electrons. The van der Waals surface area contributed by atoms with Crippen molar-refractivity contribution in [3.05, 3.63) is 41.4 Å². The van der Waals surface area contributed by atoms with E-state index in [1.165, 1.54) is 11.3 Å². The van der Waals surface area contributed by atoms with Crippen molar-refractivity contribution in [1.82, 2.24) is 10.3 Å². The zero-order chi connectivity index (χ0) is 17.0. The molecule has 0 aliphatic heterocycles. The number of aromatic nitrogens is 1. The number of carbonyl (C=O) groups is 2. The summed E-state index contributed by atoms with van der Waals surface area (Å²) in [5.41, 5.74) is 0.444. The van der Waals surface area contributed by atoms with E-state index in [9.17, 15) is 9.59 Å².